The molecule has 0 aromatic carbocycles. The molecule has 8 heteroatoms. The monoisotopic (exact) mass is 353 g/mol. The van der Waals surface area contributed by atoms with Gasteiger partial charge in [-0.2, -0.15) is 0 Å². The fourth-order valence-corrected chi connectivity index (χ4v) is 3.62. The smallest absolute Gasteiger partial charge is 0.328 e. The van der Waals surface area contributed by atoms with Gasteiger partial charge in [-0.15, -0.1) is 11.3 Å². The molecule has 2 aromatic rings. The van der Waals surface area contributed by atoms with E-state index in [4.69, 9.17) is 4.74 Å². The van der Waals surface area contributed by atoms with Crippen LogP contribution in [0.5, 0.6) is 0 Å². The van der Waals surface area contributed by atoms with Gasteiger partial charge in [0.05, 0.1) is 12.9 Å². The number of amides is 1. The fourth-order valence-electron chi connectivity index (χ4n) is 2.03. The molecule has 124 valence electrons. The summed E-state index contributed by atoms with van der Waals surface area (Å²) in [6.45, 7) is 3.88. The van der Waals surface area contributed by atoms with Gasteiger partial charge in [-0.25, -0.2) is 14.8 Å². The predicted octanol–water partition coefficient (Wildman–Crippen LogP) is 2.49. The van der Waals surface area contributed by atoms with Crippen LogP contribution in [0.2, 0.25) is 0 Å². The minimum absolute atomic E-state index is 0.0130. The molecule has 2 aromatic heterocycles. The molecule has 0 radical (unpaired) electrons. The summed E-state index contributed by atoms with van der Waals surface area (Å²) in [5, 5.41) is 6.41. The van der Waals surface area contributed by atoms with Crippen molar-refractivity contribution in [3.63, 3.8) is 0 Å². The summed E-state index contributed by atoms with van der Waals surface area (Å²) >= 11 is 2.87. The van der Waals surface area contributed by atoms with Crippen LogP contribution in [0.1, 0.15) is 20.3 Å². The molecule has 0 aliphatic carbocycles. The van der Waals surface area contributed by atoms with Crippen LogP contribution in [-0.4, -0.2) is 40.7 Å². The minimum atomic E-state index is -0.621. The number of thioether (sulfide) groups is 1. The van der Waals surface area contributed by atoms with Crippen LogP contribution in [0.15, 0.2) is 22.8 Å². The minimum Gasteiger partial charge on any atom is -0.467 e. The second kappa shape index (κ2) is 8.26. The molecule has 6 nitrogen and oxygen atoms in total. The summed E-state index contributed by atoms with van der Waals surface area (Å²) in [6.07, 6.45) is 2.27. The van der Waals surface area contributed by atoms with Crippen molar-refractivity contribution in [3.8, 4) is 0 Å². The van der Waals surface area contributed by atoms with Gasteiger partial charge in [0.2, 0.25) is 5.91 Å². The van der Waals surface area contributed by atoms with Crippen molar-refractivity contribution >= 4 is 45.2 Å². The Labute approximate surface area is 143 Å². The normalized spacial score (nSPS) is 13.5. The number of hydrogen-bond acceptors (Lipinski definition) is 7. The number of ether oxygens (including phenoxy) is 1. The van der Waals surface area contributed by atoms with Crippen LogP contribution in [-0.2, 0) is 14.3 Å². The number of thiophene rings is 1. The molecule has 0 fully saturated rings. The zero-order valence-electron chi connectivity index (χ0n) is 13.2. The third-order valence-electron chi connectivity index (χ3n) is 3.55. The number of fused-ring (bicyclic) bond motifs is 1. The molecule has 1 amide bonds. The molecule has 0 bridgehead atoms. The van der Waals surface area contributed by atoms with Gasteiger partial charge in [-0.1, -0.05) is 32.0 Å². The predicted molar refractivity (Wildman–Crippen MR) is 91.5 cm³/mol. The van der Waals surface area contributed by atoms with Gasteiger partial charge in [-0.3, -0.25) is 4.79 Å². The molecule has 0 spiro atoms. The van der Waals surface area contributed by atoms with Crippen LogP contribution in [0.3, 0.4) is 0 Å². The zero-order chi connectivity index (χ0) is 16.8. The SMILES string of the molecule is CC[C@H](C)[C@H](NC(=O)CSc1ncnc2sccc12)C(=O)OC. The highest BCUT2D eigenvalue weighted by molar-refractivity contribution is 8.00. The van der Waals surface area contributed by atoms with E-state index in [2.05, 4.69) is 15.3 Å². The third kappa shape index (κ3) is 4.42. The van der Waals surface area contributed by atoms with Gasteiger partial charge < -0.3 is 10.1 Å². The van der Waals surface area contributed by atoms with Crippen LogP contribution >= 0.6 is 23.1 Å². The van der Waals surface area contributed by atoms with E-state index in [0.29, 0.717) is 0 Å². The van der Waals surface area contributed by atoms with E-state index in [1.807, 2.05) is 25.3 Å². The fraction of sp³-hybridized carbons (Fsp3) is 0.467. The average molecular weight is 353 g/mol. The van der Waals surface area contributed by atoms with Crippen molar-refractivity contribution in [1.82, 2.24) is 15.3 Å². The first kappa shape index (κ1) is 17.7. The summed E-state index contributed by atoms with van der Waals surface area (Å²) < 4.78 is 4.77. The Morgan fingerprint density at radius 1 is 1.43 bits per heavy atom. The number of hydrogen-bond donors (Lipinski definition) is 1. The summed E-state index contributed by atoms with van der Waals surface area (Å²) in [6, 6.07) is 1.32. The number of methoxy groups -OCH3 is 1. The van der Waals surface area contributed by atoms with E-state index >= 15 is 0 Å². The molecule has 0 aliphatic rings. The molecule has 23 heavy (non-hydrogen) atoms. The molecule has 2 heterocycles. The Kier molecular flexibility index (Phi) is 6.35. The molecule has 0 saturated heterocycles. The molecular weight excluding hydrogens is 334 g/mol. The van der Waals surface area contributed by atoms with E-state index in [9.17, 15) is 9.59 Å². The number of rotatable bonds is 7. The highest BCUT2D eigenvalue weighted by Crippen LogP contribution is 2.27. The Morgan fingerprint density at radius 2 is 2.22 bits per heavy atom. The van der Waals surface area contributed by atoms with Crippen molar-refractivity contribution in [2.24, 2.45) is 5.92 Å². The summed E-state index contributed by atoms with van der Waals surface area (Å²) in [4.78, 5) is 33.3. The maximum atomic E-state index is 12.2. The van der Waals surface area contributed by atoms with E-state index in [0.717, 1.165) is 21.7 Å². The van der Waals surface area contributed by atoms with Gasteiger partial charge in [0.15, 0.2) is 0 Å². The van der Waals surface area contributed by atoms with E-state index in [-0.39, 0.29) is 17.6 Å². The van der Waals surface area contributed by atoms with Crippen molar-refractivity contribution in [2.45, 2.75) is 31.3 Å². The maximum absolute atomic E-state index is 12.2. The van der Waals surface area contributed by atoms with E-state index in [1.54, 1.807) is 0 Å². The van der Waals surface area contributed by atoms with Crippen molar-refractivity contribution < 1.29 is 14.3 Å². The van der Waals surface area contributed by atoms with Crippen LogP contribution < -0.4 is 5.32 Å². The molecular formula is C15H19N3O3S2. The molecule has 2 rings (SSSR count). The first-order chi connectivity index (χ1) is 11.1. The lowest BCUT2D eigenvalue weighted by molar-refractivity contribution is -0.146. The van der Waals surface area contributed by atoms with E-state index < -0.39 is 12.0 Å². The first-order valence-electron chi connectivity index (χ1n) is 7.25. The quantitative estimate of drug-likeness (QED) is 0.468. The number of carbonyl (C=O) groups is 2. The summed E-state index contributed by atoms with van der Waals surface area (Å²) in [5.74, 6) is -0.432. The average Bonchev–Trinajstić information content (AvgIpc) is 3.05. The molecule has 0 saturated carbocycles. The number of carbonyl (C=O) groups excluding carboxylic acids is 2. The highest BCUT2D eigenvalue weighted by Gasteiger charge is 2.26. The summed E-state index contributed by atoms with van der Waals surface area (Å²) in [5.41, 5.74) is 0. The van der Waals surface area contributed by atoms with Gasteiger partial charge in [0, 0.05) is 5.39 Å². The van der Waals surface area contributed by atoms with Gasteiger partial charge in [0.25, 0.3) is 0 Å². The molecule has 2 atom stereocenters. The van der Waals surface area contributed by atoms with Crippen LogP contribution in [0.4, 0.5) is 0 Å². The molecule has 0 unspecified atom stereocenters. The second-order valence-electron chi connectivity index (χ2n) is 5.06. The van der Waals surface area contributed by atoms with Gasteiger partial charge in [0.1, 0.15) is 22.2 Å². The zero-order valence-corrected chi connectivity index (χ0v) is 14.9. The standard InChI is InChI=1S/C15H19N3O3S2/c1-4-9(2)12(15(20)21-3)18-11(19)7-23-14-10-5-6-22-13(10)16-8-17-14/h5-6,8-9,12H,4,7H2,1-3H3,(H,18,19)/t9-,12-/m0/s1. The van der Waals surface area contributed by atoms with Crippen molar-refractivity contribution in [2.75, 3.05) is 12.9 Å². The second-order valence-corrected chi connectivity index (χ2v) is 6.92. The Hall–Kier alpha value is -1.67. The number of esters is 1. The summed E-state index contributed by atoms with van der Waals surface area (Å²) in [7, 11) is 1.33. The number of nitrogens with zero attached hydrogens (tertiary/aromatic N) is 2. The third-order valence-corrected chi connectivity index (χ3v) is 5.38. The number of aromatic nitrogens is 2. The first-order valence-corrected chi connectivity index (χ1v) is 9.11. The largest absolute Gasteiger partial charge is 0.467 e. The van der Waals surface area contributed by atoms with Gasteiger partial charge >= 0.3 is 5.97 Å². The number of nitrogens with one attached hydrogen (secondary N) is 1. The maximum Gasteiger partial charge on any atom is 0.328 e. The van der Waals surface area contributed by atoms with Crippen LogP contribution in [0, 0.1) is 5.92 Å². The van der Waals surface area contributed by atoms with Crippen molar-refractivity contribution in [1.29, 1.82) is 0 Å². The lowest BCUT2D eigenvalue weighted by atomic mass is 9.99. The lowest BCUT2D eigenvalue weighted by Gasteiger charge is -2.21. The highest BCUT2D eigenvalue weighted by atomic mass is 32.2. The van der Waals surface area contributed by atoms with Crippen molar-refractivity contribution in [3.05, 3.63) is 17.8 Å². The Bertz CT molecular complexity index is 689. The van der Waals surface area contributed by atoms with Gasteiger partial charge in [-0.05, 0) is 17.4 Å². The van der Waals surface area contributed by atoms with E-state index in [1.165, 1.54) is 36.5 Å². The molecule has 1 N–H and O–H groups in total. The van der Waals surface area contributed by atoms with Crippen LogP contribution in [0.25, 0.3) is 10.2 Å². The lowest BCUT2D eigenvalue weighted by Crippen LogP contribution is -2.46. The Morgan fingerprint density at radius 3 is 2.91 bits per heavy atom. The topological polar surface area (TPSA) is 81.2 Å². The Balaban J connectivity index is 1.98. The molecule has 0 aliphatic heterocycles.